The van der Waals surface area contributed by atoms with Crippen molar-refractivity contribution in [2.75, 3.05) is 6.54 Å². The summed E-state index contributed by atoms with van der Waals surface area (Å²) in [5, 5.41) is 6.90. The van der Waals surface area contributed by atoms with E-state index in [9.17, 15) is 4.79 Å². The Balaban J connectivity index is 1.66. The highest BCUT2D eigenvalue weighted by atomic mass is 16.1. The van der Waals surface area contributed by atoms with Crippen LogP contribution in [0.4, 0.5) is 0 Å². The summed E-state index contributed by atoms with van der Waals surface area (Å²) >= 11 is 0. The summed E-state index contributed by atoms with van der Waals surface area (Å²) in [5.41, 5.74) is 2.31. The standard InChI is InChI=1S/C17H24N2O/c1-2-13-6-3-4-7-15(13)16(20)19-14-8-11-18-17(12-14)9-5-10-17/h3-4,6-7,14,18H,2,5,8-12H2,1H3,(H,19,20). The summed E-state index contributed by atoms with van der Waals surface area (Å²) in [6.07, 6.45) is 6.90. The minimum absolute atomic E-state index is 0.101. The Morgan fingerprint density at radius 2 is 2.20 bits per heavy atom. The van der Waals surface area contributed by atoms with Gasteiger partial charge in [-0.25, -0.2) is 0 Å². The van der Waals surface area contributed by atoms with Crippen molar-refractivity contribution in [1.82, 2.24) is 10.6 Å². The number of piperidine rings is 1. The topological polar surface area (TPSA) is 41.1 Å². The average Bonchev–Trinajstić information content (AvgIpc) is 2.46. The molecule has 1 saturated carbocycles. The van der Waals surface area contributed by atoms with Crippen LogP contribution < -0.4 is 10.6 Å². The normalized spacial score (nSPS) is 24.1. The molecule has 3 heteroatoms. The van der Waals surface area contributed by atoms with Crippen molar-refractivity contribution in [3.63, 3.8) is 0 Å². The zero-order valence-corrected chi connectivity index (χ0v) is 12.2. The minimum atomic E-state index is 0.101. The molecule has 1 saturated heterocycles. The van der Waals surface area contributed by atoms with Crippen molar-refractivity contribution in [3.05, 3.63) is 35.4 Å². The van der Waals surface area contributed by atoms with Crippen molar-refractivity contribution in [2.45, 2.75) is 57.0 Å². The van der Waals surface area contributed by atoms with E-state index in [1.807, 2.05) is 24.3 Å². The van der Waals surface area contributed by atoms with Gasteiger partial charge < -0.3 is 10.6 Å². The molecule has 1 aliphatic carbocycles. The fourth-order valence-electron chi connectivity index (χ4n) is 3.58. The van der Waals surface area contributed by atoms with Crippen molar-refractivity contribution in [3.8, 4) is 0 Å². The second-order valence-corrected chi connectivity index (χ2v) is 6.23. The molecular weight excluding hydrogens is 248 g/mol. The molecule has 1 spiro atoms. The summed E-state index contributed by atoms with van der Waals surface area (Å²) in [6.45, 7) is 3.13. The summed E-state index contributed by atoms with van der Waals surface area (Å²) in [5.74, 6) is 0.101. The molecule has 0 bridgehead atoms. The molecule has 2 N–H and O–H groups in total. The van der Waals surface area contributed by atoms with E-state index < -0.39 is 0 Å². The highest BCUT2D eigenvalue weighted by Gasteiger charge is 2.41. The van der Waals surface area contributed by atoms with Crippen LogP contribution >= 0.6 is 0 Å². The van der Waals surface area contributed by atoms with Gasteiger partial charge in [0.25, 0.3) is 5.91 Å². The molecule has 0 aromatic heterocycles. The molecule has 2 aliphatic rings. The van der Waals surface area contributed by atoms with Gasteiger partial charge in [0.15, 0.2) is 0 Å². The van der Waals surface area contributed by atoms with Crippen LogP contribution in [0.2, 0.25) is 0 Å². The molecule has 1 heterocycles. The van der Waals surface area contributed by atoms with Crippen molar-refractivity contribution in [2.24, 2.45) is 0 Å². The molecular formula is C17H24N2O. The molecule has 20 heavy (non-hydrogen) atoms. The van der Waals surface area contributed by atoms with Gasteiger partial charge in [0.2, 0.25) is 0 Å². The first-order valence-corrected chi connectivity index (χ1v) is 7.86. The number of aryl methyl sites for hydroxylation is 1. The van der Waals surface area contributed by atoms with Crippen LogP contribution in [0.3, 0.4) is 0 Å². The Kier molecular flexibility index (Phi) is 3.79. The van der Waals surface area contributed by atoms with Crippen molar-refractivity contribution >= 4 is 5.91 Å². The third kappa shape index (κ3) is 2.59. The van der Waals surface area contributed by atoms with Crippen LogP contribution in [0.25, 0.3) is 0 Å². The lowest BCUT2D eigenvalue weighted by Crippen LogP contribution is -2.59. The van der Waals surface area contributed by atoms with Crippen LogP contribution in [0.15, 0.2) is 24.3 Å². The fourth-order valence-corrected chi connectivity index (χ4v) is 3.58. The Morgan fingerprint density at radius 3 is 2.90 bits per heavy atom. The lowest BCUT2D eigenvalue weighted by atomic mass is 9.70. The maximum absolute atomic E-state index is 12.5. The molecule has 2 fully saturated rings. The molecule has 0 radical (unpaired) electrons. The van der Waals surface area contributed by atoms with E-state index in [0.29, 0.717) is 11.6 Å². The molecule has 1 aromatic rings. The summed E-state index contributed by atoms with van der Waals surface area (Å²) < 4.78 is 0. The predicted molar refractivity (Wildman–Crippen MR) is 80.9 cm³/mol. The predicted octanol–water partition coefficient (Wildman–Crippen LogP) is 2.65. The molecule has 1 aromatic carbocycles. The number of rotatable bonds is 3. The number of hydrogen-bond acceptors (Lipinski definition) is 2. The van der Waals surface area contributed by atoms with Gasteiger partial charge in [-0.15, -0.1) is 0 Å². The van der Waals surface area contributed by atoms with E-state index in [1.54, 1.807) is 0 Å². The molecule has 3 rings (SSSR count). The van der Waals surface area contributed by atoms with E-state index in [1.165, 1.54) is 19.3 Å². The van der Waals surface area contributed by atoms with Gasteiger partial charge in [0.1, 0.15) is 0 Å². The zero-order valence-electron chi connectivity index (χ0n) is 12.2. The van der Waals surface area contributed by atoms with E-state index in [2.05, 4.69) is 17.6 Å². The van der Waals surface area contributed by atoms with E-state index in [4.69, 9.17) is 0 Å². The Morgan fingerprint density at radius 1 is 1.40 bits per heavy atom. The van der Waals surface area contributed by atoms with Gasteiger partial charge in [-0.2, -0.15) is 0 Å². The van der Waals surface area contributed by atoms with Crippen LogP contribution in [0.1, 0.15) is 54.9 Å². The van der Waals surface area contributed by atoms with Gasteiger partial charge in [-0.05, 0) is 56.7 Å². The quantitative estimate of drug-likeness (QED) is 0.888. The largest absolute Gasteiger partial charge is 0.349 e. The lowest BCUT2D eigenvalue weighted by molar-refractivity contribution is 0.0852. The molecule has 3 nitrogen and oxygen atoms in total. The molecule has 1 aliphatic heterocycles. The van der Waals surface area contributed by atoms with Crippen molar-refractivity contribution in [1.29, 1.82) is 0 Å². The summed E-state index contributed by atoms with van der Waals surface area (Å²) in [4.78, 5) is 12.5. The first-order valence-electron chi connectivity index (χ1n) is 7.86. The third-order valence-electron chi connectivity index (χ3n) is 4.92. The molecule has 1 unspecified atom stereocenters. The molecule has 108 valence electrons. The second-order valence-electron chi connectivity index (χ2n) is 6.23. The first kappa shape index (κ1) is 13.6. The maximum atomic E-state index is 12.5. The lowest BCUT2D eigenvalue weighted by Gasteiger charge is -2.48. The van der Waals surface area contributed by atoms with Crippen LogP contribution in [-0.2, 0) is 6.42 Å². The number of benzene rings is 1. The number of carbonyl (C=O) groups excluding carboxylic acids is 1. The highest BCUT2D eigenvalue weighted by molar-refractivity contribution is 5.95. The molecule has 1 amide bonds. The number of amides is 1. The van der Waals surface area contributed by atoms with Gasteiger partial charge in [0, 0.05) is 17.1 Å². The Labute approximate surface area is 121 Å². The van der Waals surface area contributed by atoms with Gasteiger partial charge in [-0.1, -0.05) is 25.1 Å². The summed E-state index contributed by atoms with van der Waals surface area (Å²) in [7, 11) is 0. The minimum Gasteiger partial charge on any atom is -0.349 e. The van der Waals surface area contributed by atoms with Crippen LogP contribution in [0, 0.1) is 0 Å². The second kappa shape index (κ2) is 5.57. The third-order valence-corrected chi connectivity index (χ3v) is 4.92. The van der Waals surface area contributed by atoms with Gasteiger partial charge in [-0.3, -0.25) is 4.79 Å². The van der Waals surface area contributed by atoms with Crippen LogP contribution in [-0.4, -0.2) is 24.0 Å². The SMILES string of the molecule is CCc1ccccc1C(=O)NC1CCNC2(CCC2)C1. The van der Waals surface area contributed by atoms with Crippen LogP contribution in [0.5, 0.6) is 0 Å². The van der Waals surface area contributed by atoms with Gasteiger partial charge >= 0.3 is 0 Å². The van der Waals surface area contributed by atoms with E-state index >= 15 is 0 Å². The smallest absolute Gasteiger partial charge is 0.251 e. The Hall–Kier alpha value is -1.35. The van der Waals surface area contributed by atoms with E-state index in [0.717, 1.165) is 36.9 Å². The van der Waals surface area contributed by atoms with Crippen molar-refractivity contribution < 1.29 is 4.79 Å². The monoisotopic (exact) mass is 272 g/mol. The number of nitrogens with one attached hydrogen (secondary N) is 2. The summed E-state index contributed by atoms with van der Waals surface area (Å²) in [6, 6.07) is 8.26. The fraction of sp³-hybridized carbons (Fsp3) is 0.588. The van der Waals surface area contributed by atoms with Gasteiger partial charge in [0.05, 0.1) is 0 Å². The molecule has 1 atom stereocenters. The average molecular weight is 272 g/mol. The Bertz CT molecular complexity index is 494. The van der Waals surface area contributed by atoms with E-state index in [-0.39, 0.29) is 5.91 Å². The maximum Gasteiger partial charge on any atom is 0.251 e. The first-order chi connectivity index (χ1) is 9.72. The number of carbonyl (C=O) groups is 1. The highest BCUT2D eigenvalue weighted by Crippen LogP contribution is 2.38. The number of hydrogen-bond donors (Lipinski definition) is 2. The zero-order chi connectivity index (χ0) is 14.0.